The first kappa shape index (κ1) is 16.7. The van der Waals surface area contributed by atoms with Gasteiger partial charge in [-0.3, -0.25) is 0 Å². The fourth-order valence-corrected chi connectivity index (χ4v) is 2.54. The van der Waals surface area contributed by atoms with Crippen LogP contribution in [-0.4, -0.2) is 24.3 Å². The lowest BCUT2D eigenvalue weighted by Gasteiger charge is -2.32. The van der Waals surface area contributed by atoms with E-state index in [4.69, 9.17) is 4.74 Å². The number of piperidine rings is 1. The van der Waals surface area contributed by atoms with Crippen LogP contribution < -0.4 is 10.6 Å². The number of hydrogen-bond acceptors (Lipinski definition) is 3. The number of hydrogen-bond donors (Lipinski definition) is 2. The molecule has 2 N–H and O–H groups in total. The summed E-state index contributed by atoms with van der Waals surface area (Å²) in [6, 6.07) is 2.95. The number of ether oxygens (including phenoxy) is 1. The summed E-state index contributed by atoms with van der Waals surface area (Å²) in [5.41, 5.74) is -0.277. The Morgan fingerprint density at radius 3 is 2.77 bits per heavy atom. The van der Waals surface area contributed by atoms with Crippen LogP contribution in [0.4, 0.5) is 13.6 Å². The van der Waals surface area contributed by atoms with Crippen LogP contribution in [0.1, 0.15) is 45.2 Å². The van der Waals surface area contributed by atoms with Gasteiger partial charge in [-0.15, -0.1) is 0 Å². The molecule has 0 aliphatic carbocycles. The summed E-state index contributed by atoms with van der Waals surface area (Å²) < 4.78 is 32.4. The molecule has 0 spiro atoms. The van der Waals surface area contributed by atoms with E-state index in [2.05, 4.69) is 10.6 Å². The number of carbonyl (C=O) groups is 1. The standard InChI is InChI=1S/C16H22F2N2O2/c1-16(2,3)22-15(21)20-11-6-7-19-14(9-11)12-8-10(17)4-5-13(12)18/h4-5,8,11,14,19H,6-7,9H2,1-3H3,(H,20,21)/t11-,14+/m1/s1. The predicted molar refractivity (Wildman–Crippen MR) is 79.5 cm³/mol. The number of alkyl carbamates (subject to hydrolysis) is 1. The highest BCUT2D eigenvalue weighted by Gasteiger charge is 2.27. The summed E-state index contributed by atoms with van der Waals surface area (Å²) in [5, 5.41) is 5.95. The molecule has 0 bridgehead atoms. The third-order valence-electron chi connectivity index (χ3n) is 3.46. The zero-order valence-electron chi connectivity index (χ0n) is 13.1. The molecule has 1 aromatic carbocycles. The summed E-state index contributed by atoms with van der Waals surface area (Å²) >= 11 is 0. The second-order valence-electron chi connectivity index (χ2n) is 6.54. The van der Waals surface area contributed by atoms with Crippen molar-refractivity contribution in [2.45, 2.75) is 51.3 Å². The summed E-state index contributed by atoms with van der Waals surface area (Å²) in [4.78, 5) is 11.8. The van der Waals surface area contributed by atoms with Crippen molar-refractivity contribution in [3.63, 3.8) is 0 Å². The number of carbonyl (C=O) groups excluding carboxylic acids is 1. The van der Waals surface area contributed by atoms with Crippen LogP contribution in [0.25, 0.3) is 0 Å². The Labute approximate surface area is 129 Å². The lowest BCUT2D eigenvalue weighted by molar-refractivity contribution is 0.0489. The fraction of sp³-hybridized carbons (Fsp3) is 0.562. The van der Waals surface area contributed by atoms with Crippen LogP contribution in [0.2, 0.25) is 0 Å². The molecule has 0 radical (unpaired) electrons. The van der Waals surface area contributed by atoms with Gasteiger partial charge in [0.1, 0.15) is 17.2 Å². The Morgan fingerprint density at radius 1 is 1.36 bits per heavy atom. The average molecular weight is 312 g/mol. The van der Waals surface area contributed by atoms with Gasteiger partial charge in [0.15, 0.2) is 0 Å². The van der Waals surface area contributed by atoms with Gasteiger partial charge in [-0.1, -0.05) is 0 Å². The zero-order chi connectivity index (χ0) is 16.3. The summed E-state index contributed by atoms with van der Waals surface area (Å²) in [6.45, 7) is 5.99. The third-order valence-corrected chi connectivity index (χ3v) is 3.46. The molecule has 122 valence electrons. The third kappa shape index (κ3) is 4.66. The van der Waals surface area contributed by atoms with Crippen LogP contribution in [0, 0.1) is 11.6 Å². The van der Waals surface area contributed by atoms with Crippen LogP contribution in [0.5, 0.6) is 0 Å². The van der Waals surface area contributed by atoms with Gasteiger partial charge in [0.2, 0.25) is 0 Å². The molecule has 1 aliphatic rings. The number of benzene rings is 1. The number of nitrogens with one attached hydrogen (secondary N) is 2. The van der Waals surface area contributed by atoms with Crippen LogP contribution in [0.3, 0.4) is 0 Å². The largest absolute Gasteiger partial charge is 0.444 e. The molecular weight excluding hydrogens is 290 g/mol. The minimum atomic E-state index is -0.564. The Kier molecular flexibility index (Phi) is 5.01. The molecule has 0 unspecified atom stereocenters. The smallest absolute Gasteiger partial charge is 0.407 e. The van der Waals surface area contributed by atoms with E-state index in [0.717, 1.165) is 12.1 Å². The van der Waals surface area contributed by atoms with E-state index < -0.39 is 23.3 Å². The van der Waals surface area contributed by atoms with Crippen molar-refractivity contribution in [2.75, 3.05) is 6.54 Å². The molecule has 1 saturated heterocycles. The van der Waals surface area contributed by atoms with Gasteiger partial charge < -0.3 is 15.4 Å². The predicted octanol–water partition coefficient (Wildman–Crippen LogP) is 3.28. The van der Waals surface area contributed by atoms with Crippen molar-refractivity contribution in [2.24, 2.45) is 0 Å². The molecule has 1 aromatic rings. The second kappa shape index (κ2) is 6.60. The molecule has 6 heteroatoms. The van der Waals surface area contributed by atoms with E-state index in [0.29, 0.717) is 19.4 Å². The van der Waals surface area contributed by atoms with E-state index in [1.807, 2.05) is 0 Å². The molecule has 4 nitrogen and oxygen atoms in total. The molecule has 1 fully saturated rings. The van der Waals surface area contributed by atoms with Crippen molar-refractivity contribution in [1.82, 2.24) is 10.6 Å². The molecule has 0 saturated carbocycles. The van der Waals surface area contributed by atoms with Gasteiger partial charge >= 0.3 is 6.09 Å². The Morgan fingerprint density at radius 2 is 2.09 bits per heavy atom. The first-order chi connectivity index (χ1) is 10.2. The van der Waals surface area contributed by atoms with E-state index in [-0.39, 0.29) is 17.6 Å². The zero-order valence-corrected chi connectivity index (χ0v) is 13.1. The SMILES string of the molecule is CC(C)(C)OC(=O)N[C@@H]1CCN[C@H](c2cc(F)ccc2F)C1. The first-order valence-electron chi connectivity index (χ1n) is 7.42. The van der Waals surface area contributed by atoms with Crippen molar-refractivity contribution >= 4 is 6.09 Å². The van der Waals surface area contributed by atoms with Crippen LogP contribution in [-0.2, 0) is 4.74 Å². The quantitative estimate of drug-likeness (QED) is 0.881. The normalized spacial score (nSPS) is 22.2. The van der Waals surface area contributed by atoms with Crippen molar-refractivity contribution < 1.29 is 18.3 Å². The monoisotopic (exact) mass is 312 g/mol. The Bertz CT molecular complexity index is 543. The summed E-state index contributed by atoms with van der Waals surface area (Å²) in [7, 11) is 0. The maximum Gasteiger partial charge on any atom is 0.407 e. The number of rotatable bonds is 2. The molecule has 1 aliphatic heterocycles. The highest BCUT2D eigenvalue weighted by Crippen LogP contribution is 2.26. The highest BCUT2D eigenvalue weighted by molar-refractivity contribution is 5.68. The van der Waals surface area contributed by atoms with Gasteiger partial charge in [0, 0.05) is 17.6 Å². The topological polar surface area (TPSA) is 50.4 Å². The van der Waals surface area contributed by atoms with Crippen LogP contribution >= 0.6 is 0 Å². The number of amides is 1. The molecule has 0 aromatic heterocycles. The molecular formula is C16H22F2N2O2. The first-order valence-corrected chi connectivity index (χ1v) is 7.42. The minimum Gasteiger partial charge on any atom is -0.444 e. The lowest BCUT2D eigenvalue weighted by atomic mass is 9.93. The maximum atomic E-state index is 13.8. The van der Waals surface area contributed by atoms with Crippen molar-refractivity contribution in [1.29, 1.82) is 0 Å². The van der Waals surface area contributed by atoms with Crippen LogP contribution in [0.15, 0.2) is 18.2 Å². The van der Waals surface area contributed by atoms with E-state index in [9.17, 15) is 13.6 Å². The van der Waals surface area contributed by atoms with Crippen molar-refractivity contribution in [3.05, 3.63) is 35.4 Å². The van der Waals surface area contributed by atoms with Gasteiger partial charge in [-0.25, -0.2) is 13.6 Å². The van der Waals surface area contributed by atoms with Gasteiger partial charge in [0.05, 0.1) is 0 Å². The highest BCUT2D eigenvalue weighted by atomic mass is 19.1. The van der Waals surface area contributed by atoms with Gasteiger partial charge in [-0.2, -0.15) is 0 Å². The van der Waals surface area contributed by atoms with Gasteiger partial charge in [0.25, 0.3) is 0 Å². The minimum absolute atomic E-state index is 0.135. The lowest BCUT2D eigenvalue weighted by Crippen LogP contribution is -2.46. The molecule has 22 heavy (non-hydrogen) atoms. The molecule has 1 amide bonds. The summed E-state index contributed by atoms with van der Waals surface area (Å²) in [5.74, 6) is -0.919. The van der Waals surface area contributed by atoms with Crippen molar-refractivity contribution in [3.8, 4) is 0 Å². The number of halogens is 2. The van der Waals surface area contributed by atoms with Gasteiger partial charge in [-0.05, 0) is 58.4 Å². The Hall–Kier alpha value is -1.69. The average Bonchev–Trinajstić information content (AvgIpc) is 2.39. The maximum absolute atomic E-state index is 13.8. The van der Waals surface area contributed by atoms with E-state index in [1.54, 1.807) is 20.8 Å². The summed E-state index contributed by atoms with van der Waals surface area (Å²) in [6.07, 6.45) is 0.713. The van der Waals surface area contributed by atoms with E-state index >= 15 is 0 Å². The molecule has 2 rings (SSSR count). The molecule has 1 heterocycles. The molecule has 2 atom stereocenters. The second-order valence-corrected chi connectivity index (χ2v) is 6.54. The van der Waals surface area contributed by atoms with E-state index in [1.165, 1.54) is 6.07 Å². The fourth-order valence-electron chi connectivity index (χ4n) is 2.54. The Balaban J connectivity index is 2.00.